The largest absolute Gasteiger partial charge is 0.464 e. The Labute approximate surface area is 173 Å². The Hall–Kier alpha value is -0.930. The van der Waals surface area contributed by atoms with Gasteiger partial charge in [0, 0.05) is 22.7 Å². The number of cyclic esters (lactones) is 1. The molecule has 6 nitrogen and oxygen atoms in total. The lowest BCUT2D eigenvalue weighted by atomic mass is 9.56. The molecule has 1 saturated heterocycles. The van der Waals surface area contributed by atoms with E-state index in [-0.39, 0.29) is 36.2 Å². The molecule has 0 amide bonds. The summed E-state index contributed by atoms with van der Waals surface area (Å²) >= 11 is 2.39. The first-order valence-corrected chi connectivity index (χ1v) is 11.1. The Morgan fingerprint density at radius 3 is 2.96 bits per heavy atom. The van der Waals surface area contributed by atoms with Crippen molar-refractivity contribution in [3.05, 3.63) is 23.8 Å². The number of ether oxygens (including phenoxy) is 2. The van der Waals surface area contributed by atoms with Crippen molar-refractivity contribution in [2.75, 3.05) is 4.43 Å². The van der Waals surface area contributed by atoms with Crippen molar-refractivity contribution < 1.29 is 24.2 Å². The molecule has 0 aromatic heterocycles. The molecule has 0 unspecified atom stereocenters. The van der Waals surface area contributed by atoms with Gasteiger partial charge < -0.3 is 14.6 Å². The fourth-order valence-electron chi connectivity index (χ4n) is 5.12. The number of aliphatic hydroxyl groups excluding tert-OH is 1. The van der Waals surface area contributed by atoms with Crippen molar-refractivity contribution in [3.8, 4) is 0 Å². The summed E-state index contributed by atoms with van der Waals surface area (Å²) in [7, 11) is 0. The van der Waals surface area contributed by atoms with Gasteiger partial charge in [-0.25, -0.2) is 0 Å². The van der Waals surface area contributed by atoms with Crippen LogP contribution in [0.1, 0.15) is 45.4 Å². The Morgan fingerprint density at radius 2 is 2.30 bits per heavy atom. The first-order chi connectivity index (χ1) is 12.8. The zero-order chi connectivity index (χ0) is 19.7. The SMILES string of the molecule is C[C@H]1C=CC2=CCC[C@H](OC=O)[C@]2(CI)[C@H]1CC[C@]1(N)C[C@@H](O)CC(=O)O1. The van der Waals surface area contributed by atoms with Gasteiger partial charge in [0.25, 0.3) is 6.47 Å². The van der Waals surface area contributed by atoms with Crippen molar-refractivity contribution in [3.63, 3.8) is 0 Å². The second kappa shape index (κ2) is 8.21. The Balaban J connectivity index is 1.86. The number of halogens is 1. The van der Waals surface area contributed by atoms with Crippen molar-refractivity contribution in [1.29, 1.82) is 0 Å². The number of alkyl halides is 1. The smallest absolute Gasteiger partial charge is 0.310 e. The number of hydrogen-bond acceptors (Lipinski definition) is 6. The van der Waals surface area contributed by atoms with Crippen LogP contribution in [0.15, 0.2) is 23.8 Å². The van der Waals surface area contributed by atoms with E-state index >= 15 is 0 Å². The standard InChI is InChI=1S/C20H28INO5/c1-13-5-6-14-3-2-4-17(26-12-23)20(14,11-21)16(13)7-8-19(22)10-15(24)9-18(25)27-19/h3,5-6,12-13,15-17,24H,2,4,7-11,22H2,1H3/t13-,15-,16-,17-,19+,20-/m0/s1. The van der Waals surface area contributed by atoms with Crippen molar-refractivity contribution >= 4 is 35.0 Å². The predicted octanol–water partition coefficient (Wildman–Crippen LogP) is 2.62. The Bertz CT molecular complexity index is 650. The van der Waals surface area contributed by atoms with Crippen LogP contribution < -0.4 is 5.73 Å². The molecule has 0 aromatic carbocycles. The molecule has 2 aliphatic carbocycles. The number of esters is 1. The molecule has 6 atom stereocenters. The van der Waals surface area contributed by atoms with Crippen LogP contribution in [-0.4, -0.2) is 39.9 Å². The van der Waals surface area contributed by atoms with E-state index in [0.29, 0.717) is 12.9 Å². The van der Waals surface area contributed by atoms with Gasteiger partial charge in [-0.1, -0.05) is 47.7 Å². The van der Waals surface area contributed by atoms with Gasteiger partial charge in [0.15, 0.2) is 5.72 Å². The van der Waals surface area contributed by atoms with E-state index < -0.39 is 17.8 Å². The zero-order valence-electron chi connectivity index (χ0n) is 15.6. The van der Waals surface area contributed by atoms with Crippen LogP contribution in [0, 0.1) is 17.3 Å². The molecule has 27 heavy (non-hydrogen) atoms. The lowest BCUT2D eigenvalue weighted by molar-refractivity contribution is -0.178. The summed E-state index contributed by atoms with van der Waals surface area (Å²) in [5.41, 5.74) is 6.15. The minimum Gasteiger partial charge on any atom is -0.464 e. The number of aliphatic hydroxyl groups is 1. The van der Waals surface area contributed by atoms with Gasteiger partial charge in [-0.2, -0.15) is 0 Å². The minimum absolute atomic E-state index is 0.00133. The van der Waals surface area contributed by atoms with Crippen LogP contribution >= 0.6 is 22.6 Å². The van der Waals surface area contributed by atoms with Crippen molar-refractivity contribution in [2.45, 2.75) is 63.4 Å². The maximum absolute atomic E-state index is 11.7. The molecule has 1 aliphatic heterocycles. The molecule has 0 radical (unpaired) electrons. The number of rotatable bonds is 6. The molecule has 1 heterocycles. The predicted molar refractivity (Wildman–Crippen MR) is 109 cm³/mol. The second-order valence-electron chi connectivity index (χ2n) is 8.10. The maximum atomic E-state index is 11.7. The molecule has 150 valence electrons. The monoisotopic (exact) mass is 489 g/mol. The van der Waals surface area contributed by atoms with E-state index in [1.165, 1.54) is 5.57 Å². The van der Waals surface area contributed by atoms with Crippen LogP contribution in [0.3, 0.4) is 0 Å². The lowest BCUT2D eigenvalue weighted by Crippen LogP contribution is -2.54. The molecule has 0 aromatic rings. The first-order valence-electron chi connectivity index (χ1n) is 9.57. The summed E-state index contributed by atoms with van der Waals surface area (Å²) in [6.07, 6.45) is 8.85. The lowest BCUT2D eigenvalue weighted by Gasteiger charge is -2.52. The second-order valence-corrected chi connectivity index (χ2v) is 8.86. The zero-order valence-corrected chi connectivity index (χ0v) is 17.8. The average molecular weight is 489 g/mol. The highest BCUT2D eigenvalue weighted by Gasteiger charge is 2.53. The number of nitrogens with two attached hydrogens (primary N) is 1. The van der Waals surface area contributed by atoms with E-state index in [2.05, 4.69) is 47.7 Å². The fourth-order valence-corrected chi connectivity index (χ4v) is 6.62. The van der Waals surface area contributed by atoms with Crippen LogP contribution in [-0.2, 0) is 19.1 Å². The van der Waals surface area contributed by atoms with E-state index in [1.807, 2.05) is 0 Å². The van der Waals surface area contributed by atoms with Gasteiger partial charge in [-0.15, -0.1) is 0 Å². The summed E-state index contributed by atoms with van der Waals surface area (Å²) in [6.45, 7) is 2.73. The van der Waals surface area contributed by atoms with Crippen LogP contribution in [0.4, 0.5) is 0 Å². The third kappa shape index (κ3) is 3.96. The topological polar surface area (TPSA) is 98.9 Å². The molecular weight excluding hydrogens is 461 g/mol. The molecule has 3 rings (SSSR count). The van der Waals surface area contributed by atoms with Gasteiger partial charge in [-0.3, -0.25) is 15.3 Å². The van der Waals surface area contributed by atoms with E-state index in [0.717, 1.165) is 23.7 Å². The van der Waals surface area contributed by atoms with Gasteiger partial charge in [0.1, 0.15) is 6.10 Å². The number of allylic oxidation sites excluding steroid dienone is 3. The number of carbonyl (C=O) groups excluding carboxylic acids is 2. The highest BCUT2D eigenvalue weighted by Crippen LogP contribution is 2.54. The third-order valence-corrected chi connectivity index (χ3v) is 7.66. The number of hydrogen-bond donors (Lipinski definition) is 2. The maximum Gasteiger partial charge on any atom is 0.310 e. The van der Waals surface area contributed by atoms with E-state index in [9.17, 15) is 14.7 Å². The van der Waals surface area contributed by atoms with Crippen LogP contribution in [0.25, 0.3) is 0 Å². The van der Waals surface area contributed by atoms with Gasteiger partial charge in [0.05, 0.1) is 12.5 Å². The van der Waals surface area contributed by atoms with Gasteiger partial charge in [0.2, 0.25) is 0 Å². The van der Waals surface area contributed by atoms with Crippen LogP contribution in [0.2, 0.25) is 0 Å². The fraction of sp³-hybridized carbons (Fsp3) is 0.700. The minimum atomic E-state index is -1.14. The molecule has 0 spiro atoms. The van der Waals surface area contributed by atoms with E-state index in [1.54, 1.807) is 0 Å². The average Bonchev–Trinajstić information content (AvgIpc) is 2.60. The molecule has 3 aliphatic rings. The molecule has 7 heteroatoms. The summed E-state index contributed by atoms with van der Waals surface area (Å²) in [5, 5.41) is 9.94. The van der Waals surface area contributed by atoms with Crippen molar-refractivity contribution in [2.24, 2.45) is 23.0 Å². The number of carbonyl (C=O) groups is 2. The van der Waals surface area contributed by atoms with Crippen molar-refractivity contribution in [1.82, 2.24) is 0 Å². The third-order valence-electron chi connectivity index (χ3n) is 6.40. The molecule has 1 fully saturated rings. The van der Waals surface area contributed by atoms with Gasteiger partial charge in [-0.05, 0) is 36.7 Å². The van der Waals surface area contributed by atoms with Gasteiger partial charge >= 0.3 is 5.97 Å². The normalized spacial score (nSPS) is 41.3. The molecular formula is C20H28INO5. The first kappa shape index (κ1) is 20.8. The highest BCUT2D eigenvalue weighted by atomic mass is 127. The molecule has 0 saturated carbocycles. The summed E-state index contributed by atoms with van der Waals surface area (Å²) in [5.74, 6) is 0.0338. The summed E-state index contributed by atoms with van der Waals surface area (Å²) in [4.78, 5) is 22.9. The summed E-state index contributed by atoms with van der Waals surface area (Å²) in [6, 6.07) is 0. The van der Waals surface area contributed by atoms with E-state index in [4.69, 9.17) is 15.2 Å². The Kier molecular flexibility index (Phi) is 6.32. The molecule has 3 N–H and O–H groups in total. The quantitative estimate of drug-likeness (QED) is 0.258. The summed E-state index contributed by atoms with van der Waals surface area (Å²) < 4.78 is 11.8. The highest BCUT2D eigenvalue weighted by molar-refractivity contribution is 14.1. The Morgan fingerprint density at radius 1 is 1.52 bits per heavy atom. The van der Waals surface area contributed by atoms with Crippen LogP contribution in [0.5, 0.6) is 0 Å². The number of fused-ring (bicyclic) bond motifs is 1. The molecule has 0 bridgehead atoms.